The molecular weight excluding hydrogens is 354 g/mol. The van der Waals surface area contributed by atoms with Gasteiger partial charge in [-0.3, -0.25) is 9.48 Å². The number of para-hydroxylation sites is 1. The van der Waals surface area contributed by atoms with Gasteiger partial charge in [0.15, 0.2) is 5.76 Å². The summed E-state index contributed by atoms with van der Waals surface area (Å²) in [5.74, 6) is 1.12. The standard InChI is InChI=1S/C19H20ClN3O3/c1-3-23-14(9-10-22-23)11-21-19(24)17-8-7-15(26-17)12-25-18-13(2)5-4-6-16(18)20/h4-10H,3,11-12H2,1-2H3,(H,21,24). The predicted octanol–water partition coefficient (Wildman–Crippen LogP) is 3.97. The summed E-state index contributed by atoms with van der Waals surface area (Å²) in [5, 5.41) is 7.54. The maximum atomic E-state index is 12.2. The molecule has 26 heavy (non-hydrogen) atoms. The summed E-state index contributed by atoms with van der Waals surface area (Å²) in [5.41, 5.74) is 1.87. The average molecular weight is 374 g/mol. The summed E-state index contributed by atoms with van der Waals surface area (Å²) < 4.78 is 13.1. The number of hydrogen-bond donors (Lipinski definition) is 1. The van der Waals surface area contributed by atoms with E-state index in [1.807, 2.05) is 36.7 Å². The summed E-state index contributed by atoms with van der Waals surface area (Å²) >= 11 is 6.14. The number of benzene rings is 1. The molecule has 0 unspecified atom stereocenters. The number of furan rings is 1. The van der Waals surface area contributed by atoms with Crippen LogP contribution in [0.1, 0.15) is 34.5 Å². The lowest BCUT2D eigenvalue weighted by molar-refractivity contribution is 0.0918. The molecule has 0 saturated carbocycles. The van der Waals surface area contributed by atoms with Crippen LogP contribution in [-0.4, -0.2) is 15.7 Å². The van der Waals surface area contributed by atoms with Gasteiger partial charge in [0.05, 0.1) is 17.3 Å². The Morgan fingerprint density at radius 2 is 2.15 bits per heavy atom. The van der Waals surface area contributed by atoms with E-state index in [4.69, 9.17) is 20.8 Å². The van der Waals surface area contributed by atoms with E-state index in [1.54, 1.807) is 24.4 Å². The van der Waals surface area contributed by atoms with Crippen molar-refractivity contribution in [1.29, 1.82) is 0 Å². The van der Waals surface area contributed by atoms with Crippen molar-refractivity contribution in [3.05, 3.63) is 70.4 Å². The molecular formula is C19H20ClN3O3. The molecule has 0 atom stereocenters. The molecule has 2 aromatic heterocycles. The van der Waals surface area contributed by atoms with Crippen molar-refractivity contribution in [2.45, 2.75) is 33.5 Å². The van der Waals surface area contributed by atoms with Gasteiger partial charge in [0.25, 0.3) is 5.91 Å². The smallest absolute Gasteiger partial charge is 0.287 e. The van der Waals surface area contributed by atoms with Crippen LogP contribution in [0.3, 0.4) is 0 Å². The first kappa shape index (κ1) is 18.1. The fourth-order valence-electron chi connectivity index (χ4n) is 2.57. The second kappa shape index (κ2) is 8.10. The summed E-state index contributed by atoms with van der Waals surface area (Å²) in [7, 11) is 0. The van der Waals surface area contributed by atoms with Gasteiger partial charge in [-0.2, -0.15) is 5.10 Å². The van der Waals surface area contributed by atoms with Crippen LogP contribution in [0.15, 0.2) is 47.0 Å². The second-order valence-electron chi connectivity index (χ2n) is 5.76. The molecule has 0 fully saturated rings. The SMILES string of the molecule is CCn1nccc1CNC(=O)c1ccc(COc2c(C)cccc2Cl)o1. The van der Waals surface area contributed by atoms with Crippen molar-refractivity contribution in [1.82, 2.24) is 15.1 Å². The number of hydrogen-bond acceptors (Lipinski definition) is 4. The number of amides is 1. The molecule has 1 amide bonds. The molecule has 0 aliphatic heterocycles. The topological polar surface area (TPSA) is 69.3 Å². The molecule has 0 spiro atoms. The molecule has 0 bridgehead atoms. The molecule has 0 aliphatic carbocycles. The van der Waals surface area contributed by atoms with Crippen LogP contribution in [0.25, 0.3) is 0 Å². The first-order valence-electron chi connectivity index (χ1n) is 8.34. The van der Waals surface area contributed by atoms with Gasteiger partial charge in [0.1, 0.15) is 18.1 Å². The Labute approximate surface area is 156 Å². The van der Waals surface area contributed by atoms with E-state index >= 15 is 0 Å². The molecule has 6 nitrogen and oxygen atoms in total. The van der Waals surface area contributed by atoms with Crippen molar-refractivity contribution < 1.29 is 13.9 Å². The minimum atomic E-state index is -0.283. The van der Waals surface area contributed by atoms with E-state index in [0.29, 0.717) is 23.1 Å². The molecule has 7 heteroatoms. The van der Waals surface area contributed by atoms with Crippen LogP contribution in [0.5, 0.6) is 5.75 Å². The van der Waals surface area contributed by atoms with Gasteiger partial charge in [0.2, 0.25) is 0 Å². The molecule has 1 aromatic carbocycles. The van der Waals surface area contributed by atoms with E-state index in [0.717, 1.165) is 17.8 Å². The molecule has 136 valence electrons. The van der Waals surface area contributed by atoms with Crippen LogP contribution in [0.4, 0.5) is 0 Å². The number of carbonyl (C=O) groups excluding carboxylic acids is 1. The van der Waals surface area contributed by atoms with E-state index in [-0.39, 0.29) is 18.3 Å². The molecule has 1 N–H and O–H groups in total. The Morgan fingerprint density at radius 1 is 1.31 bits per heavy atom. The highest BCUT2D eigenvalue weighted by molar-refractivity contribution is 6.32. The fraction of sp³-hybridized carbons (Fsp3) is 0.263. The lowest BCUT2D eigenvalue weighted by Crippen LogP contribution is -2.24. The number of nitrogens with zero attached hydrogens (tertiary/aromatic N) is 2. The summed E-state index contributed by atoms with van der Waals surface area (Å²) in [6.45, 7) is 5.25. The van der Waals surface area contributed by atoms with E-state index < -0.39 is 0 Å². The van der Waals surface area contributed by atoms with Gasteiger partial charge in [0, 0.05) is 12.7 Å². The molecule has 0 radical (unpaired) electrons. The molecule has 3 rings (SSSR count). The van der Waals surface area contributed by atoms with Crippen LogP contribution in [-0.2, 0) is 19.7 Å². The van der Waals surface area contributed by atoms with Crippen molar-refractivity contribution in [2.24, 2.45) is 0 Å². The maximum absolute atomic E-state index is 12.2. The minimum Gasteiger partial charge on any atom is -0.484 e. The zero-order chi connectivity index (χ0) is 18.5. The van der Waals surface area contributed by atoms with Crippen molar-refractivity contribution in [3.63, 3.8) is 0 Å². The highest BCUT2D eigenvalue weighted by Crippen LogP contribution is 2.28. The van der Waals surface area contributed by atoms with E-state index in [1.165, 1.54) is 0 Å². The summed E-state index contributed by atoms with van der Waals surface area (Å²) in [6.07, 6.45) is 1.71. The largest absolute Gasteiger partial charge is 0.484 e. The Morgan fingerprint density at radius 3 is 2.92 bits per heavy atom. The maximum Gasteiger partial charge on any atom is 0.287 e. The number of aromatic nitrogens is 2. The monoisotopic (exact) mass is 373 g/mol. The Kier molecular flexibility index (Phi) is 5.63. The number of ether oxygens (including phenoxy) is 1. The Bertz CT molecular complexity index is 881. The van der Waals surface area contributed by atoms with Crippen LogP contribution < -0.4 is 10.1 Å². The third kappa shape index (κ3) is 4.08. The van der Waals surface area contributed by atoms with Gasteiger partial charge in [-0.15, -0.1) is 0 Å². The normalized spacial score (nSPS) is 10.7. The van der Waals surface area contributed by atoms with Crippen molar-refractivity contribution in [3.8, 4) is 5.75 Å². The summed E-state index contributed by atoms with van der Waals surface area (Å²) in [6, 6.07) is 10.8. The van der Waals surface area contributed by atoms with Gasteiger partial charge in [-0.1, -0.05) is 23.7 Å². The van der Waals surface area contributed by atoms with E-state index in [2.05, 4.69) is 10.4 Å². The number of aryl methyl sites for hydroxylation is 2. The van der Waals surface area contributed by atoms with E-state index in [9.17, 15) is 4.79 Å². The zero-order valence-electron chi connectivity index (χ0n) is 14.7. The van der Waals surface area contributed by atoms with Crippen molar-refractivity contribution in [2.75, 3.05) is 0 Å². The van der Waals surface area contributed by atoms with Crippen LogP contribution in [0, 0.1) is 6.92 Å². The number of nitrogens with one attached hydrogen (secondary N) is 1. The fourth-order valence-corrected chi connectivity index (χ4v) is 2.85. The average Bonchev–Trinajstić information content (AvgIpc) is 3.28. The summed E-state index contributed by atoms with van der Waals surface area (Å²) in [4.78, 5) is 12.2. The van der Waals surface area contributed by atoms with Crippen LogP contribution in [0.2, 0.25) is 5.02 Å². The number of carbonyl (C=O) groups is 1. The quantitative estimate of drug-likeness (QED) is 0.680. The minimum absolute atomic E-state index is 0.195. The van der Waals surface area contributed by atoms with Crippen molar-refractivity contribution >= 4 is 17.5 Å². The third-order valence-corrected chi connectivity index (χ3v) is 4.24. The first-order chi connectivity index (χ1) is 12.6. The first-order valence-corrected chi connectivity index (χ1v) is 8.71. The lowest BCUT2D eigenvalue weighted by atomic mass is 10.2. The lowest BCUT2D eigenvalue weighted by Gasteiger charge is -2.09. The number of rotatable bonds is 7. The highest BCUT2D eigenvalue weighted by atomic mass is 35.5. The van der Waals surface area contributed by atoms with Gasteiger partial charge >= 0.3 is 0 Å². The van der Waals surface area contributed by atoms with Gasteiger partial charge < -0.3 is 14.5 Å². The van der Waals surface area contributed by atoms with Gasteiger partial charge in [-0.25, -0.2) is 0 Å². The van der Waals surface area contributed by atoms with Gasteiger partial charge in [-0.05, 0) is 43.7 Å². The zero-order valence-corrected chi connectivity index (χ0v) is 15.4. The molecule has 3 aromatic rings. The molecule has 0 saturated heterocycles. The third-order valence-electron chi connectivity index (χ3n) is 3.94. The molecule has 0 aliphatic rings. The highest BCUT2D eigenvalue weighted by Gasteiger charge is 2.13. The number of halogens is 1. The molecule has 2 heterocycles. The second-order valence-corrected chi connectivity index (χ2v) is 6.17. The van der Waals surface area contributed by atoms with Crippen LogP contribution >= 0.6 is 11.6 Å². The predicted molar refractivity (Wildman–Crippen MR) is 98.3 cm³/mol. The Balaban J connectivity index is 1.58. The Hall–Kier alpha value is -2.73.